The standard InChI is InChI=1S/C13H12BrN3O3/c1-20-11-4-2-9(3-5-11)7-15-13-12(17(18)19)6-10(14)8-16-13/h2-6,8H,7H2,1H3,(H,15,16). The zero-order valence-corrected chi connectivity index (χ0v) is 12.3. The number of hydrogen-bond acceptors (Lipinski definition) is 5. The Bertz CT molecular complexity index is 617. The van der Waals surface area contributed by atoms with E-state index < -0.39 is 4.92 Å². The Morgan fingerprint density at radius 3 is 2.70 bits per heavy atom. The quantitative estimate of drug-likeness (QED) is 0.668. The van der Waals surface area contributed by atoms with E-state index in [1.165, 1.54) is 12.3 Å². The van der Waals surface area contributed by atoms with Gasteiger partial charge >= 0.3 is 5.69 Å². The normalized spacial score (nSPS) is 10.1. The summed E-state index contributed by atoms with van der Waals surface area (Å²) in [4.78, 5) is 14.5. The van der Waals surface area contributed by atoms with E-state index in [-0.39, 0.29) is 11.5 Å². The topological polar surface area (TPSA) is 77.3 Å². The van der Waals surface area contributed by atoms with Crippen molar-refractivity contribution in [3.63, 3.8) is 0 Å². The van der Waals surface area contributed by atoms with Gasteiger partial charge in [-0.1, -0.05) is 12.1 Å². The van der Waals surface area contributed by atoms with Crippen LogP contribution in [0.15, 0.2) is 41.0 Å². The van der Waals surface area contributed by atoms with Gasteiger partial charge in [-0.3, -0.25) is 10.1 Å². The average Bonchev–Trinajstić information content (AvgIpc) is 2.46. The Morgan fingerprint density at radius 1 is 1.40 bits per heavy atom. The van der Waals surface area contributed by atoms with Crippen molar-refractivity contribution in [2.24, 2.45) is 0 Å². The molecule has 1 heterocycles. The number of benzene rings is 1. The summed E-state index contributed by atoms with van der Waals surface area (Å²) in [6, 6.07) is 8.86. The van der Waals surface area contributed by atoms with Crippen LogP contribution in [0.4, 0.5) is 11.5 Å². The van der Waals surface area contributed by atoms with Gasteiger partial charge in [0.05, 0.1) is 12.0 Å². The molecule has 0 radical (unpaired) electrons. The number of nitrogens with zero attached hydrogens (tertiary/aromatic N) is 2. The Balaban J connectivity index is 2.12. The minimum absolute atomic E-state index is 0.0621. The number of aromatic nitrogens is 1. The Morgan fingerprint density at radius 2 is 2.10 bits per heavy atom. The maximum Gasteiger partial charge on any atom is 0.312 e. The van der Waals surface area contributed by atoms with Crippen molar-refractivity contribution >= 4 is 27.4 Å². The van der Waals surface area contributed by atoms with Gasteiger partial charge in [-0.15, -0.1) is 0 Å². The van der Waals surface area contributed by atoms with Gasteiger partial charge in [-0.25, -0.2) is 4.98 Å². The predicted molar refractivity (Wildman–Crippen MR) is 78.9 cm³/mol. The zero-order chi connectivity index (χ0) is 14.5. The summed E-state index contributed by atoms with van der Waals surface area (Å²) >= 11 is 3.17. The van der Waals surface area contributed by atoms with Crippen molar-refractivity contribution in [2.45, 2.75) is 6.54 Å². The second-order valence-electron chi connectivity index (χ2n) is 3.98. The molecule has 6 nitrogen and oxygen atoms in total. The van der Waals surface area contributed by atoms with E-state index >= 15 is 0 Å². The van der Waals surface area contributed by atoms with E-state index in [0.717, 1.165) is 11.3 Å². The first-order valence-electron chi connectivity index (χ1n) is 5.77. The van der Waals surface area contributed by atoms with Crippen LogP contribution < -0.4 is 10.1 Å². The van der Waals surface area contributed by atoms with Crippen LogP contribution in [0.5, 0.6) is 5.75 Å². The molecule has 104 valence electrons. The SMILES string of the molecule is COc1ccc(CNc2ncc(Br)cc2[N+](=O)[O-])cc1. The predicted octanol–water partition coefficient (Wildman–Crippen LogP) is 3.37. The minimum Gasteiger partial charge on any atom is -0.497 e. The molecule has 2 rings (SSSR count). The van der Waals surface area contributed by atoms with Gasteiger partial charge in [0, 0.05) is 23.3 Å². The van der Waals surface area contributed by atoms with E-state index in [1.54, 1.807) is 7.11 Å². The highest BCUT2D eigenvalue weighted by Gasteiger charge is 2.15. The summed E-state index contributed by atoms with van der Waals surface area (Å²) < 4.78 is 5.64. The number of rotatable bonds is 5. The van der Waals surface area contributed by atoms with E-state index in [1.807, 2.05) is 24.3 Å². The summed E-state index contributed by atoms with van der Waals surface area (Å²) in [5, 5.41) is 13.9. The summed E-state index contributed by atoms with van der Waals surface area (Å²) in [6.07, 6.45) is 1.52. The lowest BCUT2D eigenvalue weighted by molar-refractivity contribution is -0.384. The zero-order valence-electron chi connectivity index (χ0n) is 10.7. The van der Waals surface area contributed by atoms with Gasteiger partial charge in [-0.2, -0.15) is 0 Å². The number of methoxy groups -OCH3 is 1. The first-order valence-corrected chi connectivity index (χ1v) is 6.56. The number of pyridine rings is 1. The van der Waals surface area contributed by atoms with Crippen LogP contribution in [0.3, 0.4) is 0 Å². The van der Waals surface area contributed by atoms with Crippen molar-refractivity contribution in [1.82, 2.24) is 4.98 Å². The molecule has 0 spiro atoms. The molecule has 20 heavy (non-hydrogen) atoms. The van der Waals surface area contributed by atoms with Gasteiger partial charge in [0.2, 0.25) is 5.82 Å². The lowest BCUT2D eigenvalue weighted by Crippen LogP contribution is -2.04. The van der Waals surface area contributed by atoms with E-state index in [9.17, 15) is 10.1 Å². The third-order valence-electron chi connectivity index (χ3n) is 2.65. The van der Waals surface area contributed by atoms with Crippen molar-refractivity contribution in [3.8, 4) is 5.75 Å². The van der Waals surface area contributed by atoms with Crippen LogP contribution in [-0.2, 0) is 6.54 Å². The molecule has 0 saturated carbocycles. The molecular formula is C13H12BrN3O3. The summed E-state index contributed by atoms with van der Waals surface area (Å²) in [7, 11) is 1.60. The number of nitrogens with one attached hydrogen (secondary N) is 1. The maximum atomic E-state index is 11.0. The monoisotopic (exact) mass is 337 g/mol. The van der Waals surface area contributed by atoms with Gasteiger partial charge in [-0.05, 0) is 33.6 Å². The summed E-state index contributed by atoms with van der Waals surface area (Å²) in [5.41, 5.74) is 0.915. The molecule has 7 heteroatoms. The molecule has 2 aromatic rings. The fourth-order valence-electron chi connectivity index (χ4n) is 1.63. The molecule has 0 aliphatic heterocycles. The first-order chi connectivity index (χ1) is 9.60. The highest BCUT2D eigenvalue weighted by atomic mass is 79.9. The number of anilines is 1. The molecule has 1 N–H and O–H groups in total. The molecule has 0 saturated heterocycles. The van der Waals surface area contributed by atoms with Gasteiger partial charge in [0.25, 0.3) is 0 Å². The fourth-order valence-corrected chi connectivity index (χ4v) is 1.95. The maximum absolute atomic E-state index is 11.0. The van der Waals surface area contributed by atoms with E-state index in [0.29, 0.717) is 11.0 Å². The Hall–Kier alpha value is -2.15. The van der Waals surface area contributed by atoms with Crippen molar-refractivity contribution < 1.29 is 9.66 Å². The summed E-state index contributed by atoms with van der Waals surface area (Å²) in [6.45, 7) is 0.444. The molecule has 0 unspecified atom stereocenters. The fraction of sp³-hybridized carbons (Fsp3) is 0.154. The molecule has 0 bridgehead atoms. The highest BCUT2D eigenvalue weighted by molar-refractivity contribution is 9.10. The molecule has 0 aliphatic rings. The second kappa shape index (κ2) is 6.33. The summed E-state index contributed by atoms with van der Waals surface area (Å²) in [5.74, 6) is 1.01. The van der Waals surface area contributed by atoms with Crippen LogP contribution in [0, 0.1) is 10.1 Å². The van der Waals surface area contributed by atoms with Gasteiger partial charge < -0.3 is 10.1 Å². The average molecular weight is 338 g/mol. The number of hydrogen-bond donors (Lipinski definition) is 1. The van der Waals surface area contributed by atoms with E-state index in [2.05, 4.69) is 26.2 Å². The molecular weight excluding hydrogens is 326 g/mol. The van der Waals surface area contributed by atoms with Crippen LogP contribution in [0.25, 0.3) is 0 Å². The number of nitro groups is 1. The van der Waals surface area contributed by atoms with Crippen LogP contribution in [0.2, 0.25) is 0 Å². The van der Waals surface area contributed by atoms with Crippen LogP contribution in [0.1, 0.15) is 5.56 Å². The van der Waals surface area contributed by atoms with Crippen molar-refractivity contribution in [1.29, 1.82) is 0 Å². The van der Waals surface area contributed by atoms with E-state index in [4.69, 9.17) is 4.74 Å². The van der Waals surface area contributed by atoms with Gasteiger partial charge in [0.1, 0.15) is 5.75 Å². The second-order valence-corrected chi connectivity index (χ2v) is 4.90. The highest BCUT2D eigenvalue weighted by Crippen LogP contribution is 2.25. The molecule has 0 aliphatic carbocycles. The number of ether oxygens (including phenoxy) is 1. The van der Waals surface area contributed by atoms with Crippen molar-refractivity contribution in [3.05, 3.63) is 56.7 Å². The molecule has 0 amide bonds. The Kier molecular flexibility index (Phi) is 4.52. The molecule has 0 fully saturated rings. The third kappa shape index (κ3) is 3.45. The molecule has 0 atom stereocenters. The molecule has 1 aromatic carbocycles. The molecule has 1 aromatic heterocycles. The van der Waals surface area contributed by atoms with Crippen LogP contribution in [-0.4, -0.2) is 17.0 Å². The Labute approximate surface area is 124 Å². The third-order valence-corrected chi connectivity index (χ3v) is 3.08. The number of halogens is 1. The smallest absolute Gasteiger partial charge is 0.312 e. The van der Waals surface area contributed by atoms with Crippen LogP contribution >= 0.6 is 15.9 Å². The minimum atomic E-state index is -0.464. The van der Waals surface area contributed by atoms with Gasteiger partial charge in [0.15, 0.2) is 0 Å². The largest absolute Gasteiger partial charge is 0.497 e. The lowest BCUT2D eigenvalue weighted by atomic mass is 10.2. The first kappa shape index (κ1) is 14.3. The van der Waals surface area contributed by atoms with Crippen molar-refractivity contribution in [2.75, 3.05) is 12.4 Å². The lowest BCUT2D eigenvalue weighted by Gasteiger charge is -2.07.